The number of fused-ring (bicyclic) bond motifs is 2. The third-order valence-electron chi connectivity index (χ3n) is 13.2. The number of amides is 3. The number of carbonyl (C=O) groups excluding carboxylic acids is 3. The molecule has 1 atom stereocenters. The Hall–Kier alpha value is -6.17. The van der Waals surface area contributed by atoms with E-state index in [0.717, 1.165) is 79.1 Å². The average molecular weight is 1010 g/mol. The predicted molar refractivity (Wildman–Crippen MR) is 266 cm³/mol. The molecule has 6 aromatic rings. The fraction of sp³-hybridized carbons (Fsp3) is 0.417. The van der Waals surface area contributed by atoms with Crippen LogP contribution in [-0.2, 0) is 38.2 Å². The lowest BCUT2D eigenvalue weighted by atomic mass is 9.99. The number of ether oxygens (including phenoxy) is 1. The lowest BCUT2D eigenvalue weighted by molar-refractivity contribution is -0.136. The zero-order valence-corrected chi connectivity index (χ0v) is 41.3. The number of aryl methyl sites for hydroxylation is 2. The minimum Gasteiger partial charge on any atom is -0.494 e. The number of anilines is 5. The van der Waals surface area contributed by atoms with Crippen LogP contribution >= 0.6 is 23.1 Å². The van der Waals surface area contributed by atoms with Gasteiger partial charge in [0.2, 0.25) is 23.7 Å². The summed E-state index contributed by atoms with van der Waals surface area (Å²) in [6.45, 7) is 12.2. The summed E-state index contributed by atoms with van der Waals surface area (Å²) in [7, 11) is -1.13. The number of hydrogen-bond acceptors (Lipinski definition) is 15. The van der Waals surface area contributed by atoms with E-state index < -0.39 is 24.8 Å². The number of oxazole rings is 1. The molecular weight excluding hydrogens is 953 g/mol. The smallest absolute Gasteiger partial charge is 0.420 e. The highest BCUT2D eigenvalue weighted by Gasteiger charge is 2.33. The van der Waals surface area contributed by atoms with Gasteiger partial charge in [-0.15, -0.1) is 0 Å². The molecule has 3 amide bonds. The van der Waals surface area contributed by atoms with E-state index in [1.807, 2.05) is 24.0 Å². The van der Waals surface area contributed by atoms with E-state index in [1.165, 1.54) is 10.1 Å². The summed E-state index contributed by atoms with van der Waals surface area (Å²) in [5, 5.41) is 10.5. The summed E-state index contributed by atoms with van der Waals surface area (Å²) in [6.07, 6.45) is 7.44. The maximum atomic E-state index is 13.7. The number of rotatable bonds is 13. The van der Waals surface area contributed by atoms with Crippen LogP contribution in [0.4, 0.5) is 28.8 Å². The van der Waals surface area contributed by atoms with E-state index >= 15 is 0 Å². The van der Waals surface area contributed by atoms with Crippen molar-refractivity contribution in [2.75, 3.05) is 75.2 Å². The number of carbonyl (C=O) groups is 3. The van der Waals surface area contributed by atoms with Crippen molar-refractivity contribution in [3.63, 3.8) is 0 Å². The van der Waals surface area contributed by atoms with Crippen LogP contribution in [0.3, 0.4) is 0 Å². The van der Waals surface area contributed by atoms with E-state index in [9.17, 15) is 23.7 Å². The highest BCUT2D eigenvalue weighted by Crippen LogP contribution is 2.42. The molecule has 0 aliphatic carbocycles. The molecule has 3 aliphatic heterocycles. The van der Waals surface area contributed by atoms with Crippen molar-refractivity contribution in [1.82, 2.24) is 39.6 Å². The first kappa shape index (κ1) is 46.9. The SMILES string of the molecule is CCc1ncc2c(P(C)(C)=O)c(Nc3nc(Nc4cc(CC)c(N5CCC(N6CCN(C(=O)Cc7ccc8c(c7)oc(=O)n8C7CCC(=O)NC7=O)CC6)CC5)cc4OC)ncc3Br)ccc2n1. The fourth-order valence-corrected chi connectivity index (χ4v) is 11.5. The minimum atomic E-state index is -2.79. The van der Waals surface area contributed by atoms with Crippen LogP contribution in [0.2, 0.25) is 0 Å². The standard InChI is InChI=1S/C48H55BrN11O7P/c1-6-29-24-35(54-47-51-27-32(49)45(56-47)53-34-10-9-33-31(44(34)68(4,5)65)26-50-41(7-2)52-33)39(66-3)25-38(29)58-16-14-30(15-17-58)57-18-20-59(21-19-57)43(62)23-28-8-11-36-40(22-28)67-48(64)60(36)37-12-13-42(61)55-46(37)63/h8-11,22,24-27,30,37H,6-7,12-21,23H2,1-5H3,(H,55,61,63)(H2,51,53,54,56). The second-order valence-electron chi connectivity index (χ2n) is 17.9. The van der Waals surface area contributed by atoms with E-state index in [-0.39, 0.29) is 31.1 Å². The van der Waals surface area contributed by atoms with Crippen LogP contribution in [0.25, 0.3) is 22.0 Å². The Bertz CT molecular complexity index is 3050. The third-order valence-corrected chi connectivity index (χ3v) is 15.3. The largest absolute Gasteiger partial charge is 0.494 e. The van der Waals surface area contributed by atoms with Crippen molar-refractivity contribution >= 4 is 96.9 Å². The molecule has 3 aromatic heterocycles. The Morgan fingerprint density at radius 2 is 1.69 bits per heavy atom. The molecule has 3 N–H and O–H groups in total. The van der Waals surface area contributed by atoms with Gasteiger partial charge in [-0.25, -0.2) is 19.7 Å². The van der Waals surface area contributed by atoms with Gasteiger partial charge in [0.05, 0.1) is 40.4 Å². The maximum Gasteiger partial charge on any atom is 0.420 e. The van der Waals surface area contributed by atoms with E-state index in [4.69, 9.17) is 14.1 Å². The molecule has 356 valence electrons. The highest BCUT2D eigenvalue weighted by atomic mass is 79.9. The number of piperazine rings is 1. The second-order valence-corrected chi connectivity index (χ2v) is 21.9. The van der Waals surface area contributed by atoms with Crippen LogP contribution in [0, 0.1) is 0 Å². The molecule has 9 rings (SSSR count). The zero-order valence-electron chi connectivity index (χ0n) is 38.8. The molecule has 18 nitrogen and oxygen atoms in total. The number of methoxy groups -OCH3 is 1. The van der Waals surface area contributed by atoms with Crippen LogP contribution in [0.1, 0.15) is 62.5 Å². The topological polar surface area (TPSA) is 210 Å². The van der Waals surface area contributed by atoms with E-state index in [0.29, 0.717) is 69.6 Å². The lowest BCUT2D eigenvalue weighted by Gasteiger charge is -2.43. The Labute approximate surface area is 401 Å². The molecule has 3 fully saturated rings. The number of benzene rings is 3. The molecule has 3 aliphatic rings. The number of piperidine rings is 2. The molecule has 0 bridgehead atoms. The molecule has 68 heavy (non-hydrogen) atoms. The first-order valence-corrected chi connectivity index (χ1v) is 26.5. The van der Waals surface area contributed by atoms with Crippen LogP contribution in [-0.4, -0.2) is 118 Å². The molecule has 1 unspecified atom stereocenters. The van der Waals surface area contributed by atoms with Gasteiger partial charge in [0.1, 0.15) is 30.6 Å². The van der Waals surface area contributed by atoms with Gasteiger partial charge < -0.3 is 34.2 Å². The number of aromatic nitrogens is 5. The third kappa shape index (κ3) is 9.60. The maximum absolute atomic E-state index is 13.7. The van der Waals surface area contributed by atoms with E-state index in [2.05, 4.69) is 75.7 Å². The van der Waals surface area contributed by atoms with Gasteiger partial charge in [0.25, 0.3) is 0 Å². The molecule has 20 heteroatoms. The summed E-state index contributed by atoms with van der Waals surface area (Å²) in [5.74, 6) is 0.703. The van der Waals surface area contributed by atoms with Gasteiger partial charge in [0.15, 0.2) is 5.58 Å². The van der Waals surface area contributed by atoms with Gasteiger partial charge in [-0.1, -0.05) is 19.9 Å². The van der Waals surface area contributed by atoms with Crippen LogP contribution < -0.4 is 36.6 Å². The molecule has 6 heterocycles. The summed E-state index contributed by atoms with van der Waals surface area (Å²) in [4.78, 5) is 75.8. The summed E-state index contributed by atoms with van der Waals surface area (Å²) >= 11 is 3.61. The van der Waals surface area contributed by atoms with Gasteiger partial charge in [-0.3, -0.25) is 29.2 Å². The first-order valence-electron chi connectivity index (χ1n) is 23.1. The van der Waals surface area contributed by atoms with Crippen LogP contribution in [0.5, 0.6) is 5.75 Å². The Balaban J connectivity index is 0.813. The summed E-state index contributed by atoms with van der Waals surface area (Å²) in [6, 6.07) is 12.8. The number of imide groups is 1. The van der Waals surface area contributed by atoms with Crippen molar-refractivity contribution in [3.8, 4) is 5.75 Å². The van der Waals surface area contributed by atoms with Crippen LogP contribution in [0.15, 0.2) is 68.5 Å². The van der Waals surface area contributed by atoms with Gasteiger partial charge in [0, 0.05) is 93.0 Å². The van der Waals surface area contributed by atoms with E-state index in [1.54, 1.807) is 51.0 Å². The number of nitrogens with zero attached hydrogens (tertiary/aromatic N) is 8. The number of hydrogen-bond donors (Lipinski definition) is 3. The minimum absolute atomic E-state index is 0.00971. The average Bonchev–Trinajstić information content (AvgIpc) is 3.66. The van der Waals surface area contributed by atoms with Gasteiger partial charge in [-0.2, -0.15) is 4.98 Å². The Morgan fingerprint density at radius 3 is 2.40 bits per heavy atom. The number of nitrogens with one attached hydrogen (secondary N) is 3. The molecule has 3 saturated heterocycles. The molecular formula is C48H55BrN11O7P. The second kappa shape index (κ2) is 19.4. The monoisotopic (exact) mass is 1010 g/mol. The van der Waals surface area contributed by atoms with Crippen molar-refractivity contribution in [2.24, 2.45) is 0 Å². The van der Waals surface area contributed by atoms with Crippen molar-refractivity contribution in [3.05, 3.63) is 86.8 Å². The van der Waals surface area contributed by atoms with Crippen molar-refractivity contribution in [2.45, 2.75) is 70.9 Å². The van der Waals surface area contributed by atoms with Crippen molar-refractivity contribution < 1.29 is 28.1 Å². The molecule has 3 aromatic carbocycles. The predicted octanol–water partition coefficient (Wildman–Crippen LogP) is 6.29. The molecule has 0 spiro atoms. The van der Waals surface area contributed by atoms with Gasteiger partial charge >= 0.3 is 5.76 Å². The number of halogens is 1. The Kier molecular flexibility index (Phi) is 13.4. The summed E-state index contributed by atoms with van der Waals surface area (Å²) in [5.41, 5.74) is 5.92. The fourth-order valence-electron chi connectivity index (χ4n) is 9.71. The molecule has 0 radical (unpaired) electrons. The lowest BCUT2D eigenvalue weighted by Crippen LogP contribution is -2.54. The first-order chi connectivity index (χ1) is 32.7. The van der Waals surface area contributed by atoms with Crippen molar-refractivity contribution in [1.29, 1.82) is 0 Å². The molecule has 0 saturated carbocycles. The van der Waals surface area contributed by atoms with Gasteiger partial charge in [-0.05, 0) is 96.4 Å². The summed E-state index contributed by atoms with van der Waals surface area (Å²) < 4.78 is 27.1. The highest BCUT2D eigenvalue weighted by molar-refractivity contribution is 9.10. The Morgan fingerprint density at radius 1 is 0.912 bits per heavy atom. The normalized spacial score (nSPS) is 17.5. The zero-order chi connectivity index (χ0) is 47.9. The quantitative estimate of drug-likeness (QED) is 0.0858.